The van der Waals surface area contributed by atoms with Crippen molar-refractivity contribution < 1.29 is 4.42 Å². The summed E-state index contributed by atoms with van der Waals surface area (Å²) in [5.74, 6) is 1.84. The van der Waals surface area contributed by atoms with Crippen molar-refractivity contribution in [2.75, 3.05) is 0 Å². The average Bonchev–Trinajstić information content (AvgIpc) is 3.85. The highest BCUT2D eigenvalue weighted by molar-refractivity contribution is 7.26. The molecule has 5 heteroatoms. The summed E-state index contributed by atoms with van der Waals surface area (Å²) < 4.78 is 9.15. The van der Waals surface area contributed by atoms with Gasteiger partial charge in [0.05, 0.1) is 0 Å². The molecule has 4 nitrogen and oxygen atoms in total. The normalized spacial score (nSPS) is 11.6. The summed E-state index contributed by atoms with van der Waals surface area (Å²) in [4.78, 5) is 15.2. The number of hydrogen-bond acceptors (Lipinski definition) is 5. The zero-order valence-electron chi connectivity index (χ0n) is 30.1. The minimum atomic E-state index is 0.600. The Morgan fingerprint density at radius 1 is 0.321 bits per heavy atom. The molecular weight excluding hydrogens is 703 g/mol. The Balaban J connectivity index is 1.01. The summed E-state index contributed by atoms with van der Waals surface area (Å²) in [6.45, 7) is 0. The third kappa shape index (κ3) is 5.56. The van der Waals surface area contributed by atoms with E-state index in [1.54, 1.807) is 0 Å². The van der Waals surface area contributed by atoms with Gasteiger partial charge in [-0.05, 0) is 63.7 Å². The second-order valence-corrected chi connectivity index (χ2v) is 15.0. The van der Waals surface area contributed by atoms with Crippen LogP contribution in [0.1, 0.15) is 0 Å². The minimum Gasteiger partial charge on any atom is -0.456 e. The summed E-state index contributed by atoms with van der Waals surface area (Å²) in [7, 11) is 0. The molecule has 11 rings (SSSR count). The molecular formula is C51H31N3OS. The molecule has 0 N–H and O–H groups in total. The van der Waals surface area contributed by atoms with Crippen molar-refractivity contribution in [2.45, 2.75) is 0 Å². The van der Waals surface area contributed by atoms with E-state index in [0.29, 0.717) is 17.5 Å². The lowest BCUT2D eigenvalue weighted by Gasteiger charge is -2.10. The third-order valence-corrected chi connectivity index (χ3v) is 11.7. The molecule has 56 heavy (non-hydrogen) atoms. The molecule has 0 amide bonds. The quantitative estimate of drug-likeness (QED) is 0.171. The van der Waals surface area contributed by atoms with Crippen LogP contribution in [-0.4, -0.2) is 15.0 Å². The van der Waals surface area contributed by atoms with Crippen molar-refractivity contribution in [3.8, 4) is 67.5 Å². The molecule has 0 radical (unpaired) electrons. The van der Waals surface area contributed by atoms with Crippen molar-refractivity contribution in [3.05, 3.63) is 188 Å². The molecule has 0 atom stereocenters. The van der Waals surface area contributed by atoms with Gasteiger partial charge >= 0.3 is 0 Å². The summed E-state index contributed by atoms with van der Waals surface area (Å²) in [6.07, 6.45) is 0. The summed E-state index contributed by atoms with van der Waals surface area (Å²) in [5, 5.41) is 4.59. The smallest absolute Gasteiger partial charge is 0.164 e. The van der Waals surface area contributed by atoms with Crippen molar-refractivity contribution in [1.82, 2.24) is 15.0 Å². The number of benzene rings is 8. The monoisotopic (exact) mass is 733 g/mol. The fourth-order valence-electron chi connectivity index (χ4n) is 7.84. The number of hydrogen-bond donors (Lipinski definition) is 0. The van der Waals surface area contributed by atoms with Gasteiger partial charge in [-0.1, -0.05) is 158 Å². The Labute approximate surface area is 327 Å². The van der Waals surface area contributed by atoms with Gasteiger partial charge in [0.25, 0.3) is 0 Å². The molecule has 0 fully saturated rings. The van der Waals surface area contributed by atoms with E-state index < -0.39 is 0 Å². The highest BCUT2D eigenvalue weighted by Gasteiger charge is 2.19. The second kappa shape index (κ2) is 13.3. The van der Waals surface area contributed by atoms with Gasteiger partial charge in [0, 0.05) is 47.6 Å². The van der Waals surface area contributed by atoms with E-state index in [9.17, 15) is 0 Å². The molecule has 0 spiro atoms. The number of nitrogens with zero attached hydrogens (tertiary/aromatic N) is 3. The molecule has 0 aliphatic heterocycles. The van der Waals surface area contributed by atoms with E-state index in [-0.39, 0.29) is 0 Å². The van der Waals surface area contributed by atoms with E-state index in [0.717, 1.165) is 55.3 Å². The predicted octanol–water partition coefficient (Wildman–Crippen LogP) is 14.1. The van der Waals surface area contributed by atoms with Gasteiger partial charge < -0.3 is 4.42 Å². The first-order chi connectivity index (χ1) is 27.7. The van der Waals surface area contributed by atoms with Crippen LogP contribution in [0.4, 0.5) is 0 Å². The van der Waals surface area contributed by atoms with Crippen LogP contribution in [0.2, 0.25) is 0 Å². The fourth-order valence-corrected chi connectivity index (χ4v) is 9.01. The first-order valence-corrected chi connectivity index (χ1v) is 19.5. The number of furan rings is 1. The molecule has 8 aromatic carbocycles. The largest absolute Gasteiger partial charge is 0.456 e. The maximum Gasteiger partial charge on any atom is 0.164 e. The lowest BCUT2D eigenvalue weighted by atomic mass is 9.97. The topological polar surface area (TPSA) is 51.8 Å². The standard InChI is InChI=1S/C51H31N3OS/c1-4-12-32(13-5-1)33-22-24-36(25-23-33)50-52-49(35-16-8-3-9-17-35)53-51(54-50)42-19-10-20-43-47(42)40-28-26-37(30-44(40)55-43)38-27-29-41-46(31-38)56-45-21-11-18-39(48(41)45)34-14-6-2-7-15-34/h1-31H. The molecule has 0 aliphatic rings. The Morgan fingerprint density at radius 3 is 1.59 bits per heavy atom. The summed E-state index contributed by atoms with van der Waals surface area (Å²) in [6, 6.07) is 65.6. The predicted molar refractivity (Wildman–Crippen MR) is 233 cm³/mol. The van der Waals surface area contributed by atoms with Crippen LogP contribution in [0.15, 0.2) is 192 Å². The summed E-state index contributed by atoms with van der Waals surface area (Å²) in [5.41, 5.74) is 11.4. The van der Waals surface area contributed by atoms with E-state index in [1.165, 1.54) is 36.9 Å². The average molecular weight is 734 g/mol. The number of aromatic nitrogens is 3. The lowest BCUT2D eigenvalue weighted by molar-refractivity contribution is 0.669. The molecule has 3 heterocycles. The second-order valence-electron chi connectivity index (χ2n) is 14.0. The van der Waals surface area contributed by atoms with Crippen molar-refractivity contribution >= 4 is 53.4 Å². The van der Waals surface area contributed by atoms with Crippen LogP contribution < -0.4 is 0 Å². The fraction of sp³-hybridized carbons (Fsp3) is 0. The first kappa shape index (κ1) is 32.2. The van der Waals surface area contributed by atoms with Crippen molar-refractivity contribution in [1.29, 1.82) is 0 Å². The SMILES string of the molecule is c1ccc(-c2ccc(-c3nc(-c4ccccc4)nc(-c4cccc5oc6cc(-c7ccc8c(c7)sc7cccc(-c9ccccc9)c78)ccc6c45)n3)cc2)cc1. The van der Waals surface area contributed by atoms with Crippen LogP contribution in [0.5, 0.6) is 0 Å². The van der Waals surface area contributed by atoms with Crippen LogP contribution in [-0.2, 0) is 0 Å². The first-order valence-electron chi connectivity index (χ1n) is 18.7. The van der Waals surface area contributed by atoms with Gasteiger partial charge in [-0.25, -0.2) is 15.0 Å². The van der Waals surface area contributed by atoms with Gasteiger partial charge in [0.1, 0.15) is 11.2 Å². The highest BCUT2D eigenvalue weighted by atomic mass is 32.1. The molecule has 0 bridgehead atoms. The Kier molecular flexibility index (Phi) is 7.64. The highest BCUT2D eigenvalue weighted by Crippen LogP contribution is 2.43. The van der Waals surface area contributed by atoms with E-state index in [1.807, 2.05) is 59.9 Å². The van der Waals surface area contributed by atoms with Crippen LogP contribution in [0.25, 0.3) is 110 Å². The molecule has 0 aliphatic carbocycles. The lowest BCUT2D eigenvalue weighted by Crippen LogP contribution is -2.00. The van der Waals surface area contributed by atoms with E-state index >= 15 is 0 Å². The Hall–Kier alpha value is -7.21. The Morgan fingerprint density at radius 2 is 0.857 bits per heavy atom. The maximum absolute atomic E-state index is 6.59. The van der Waals surface area contributed by atoms with Gasteiger partial charge in [0.2, 0.25) is 0 Å². The van der Waals surface area contributed by atoms with Gasteiger partial charge in [-0.2, -0.15) is 0 Å². The van der Waals surface area contributed by atoms with Crippen molar-refractivity contribution in [2.24, 2.45) is 0 Å². The van der Waals surface area contributed by atoms with E-state index in [2.05, 4.69) is 140 Å². The number of fused-ring (bicyclic) bond motifs is 6. The van der Waals surface area contributed by atoms with E-state index in [4.69, 9.17) is 19.4 Å². The van der Waals surface area contributed by atoms with Crippen LogP contribution in [0.3, 0.4) is 0 Å². The van der Waals surface area contributed by atoms with Crippen LogP contribution >= 0.6 is 11.3 Å². The van der Waals surface area contributed by atoms with Gasteiger partial charge in [-0.3, -0.25) is 0 Å². The third-order valence-electron chi connectivity index (χ3n) is 10.6. The van der Waals surface area contributed by atoms with Crippen molar-refractivity contribution in [3.63, 3.8) is 0 Å². The minimum absolute atomic E-state index is 0.600. The molecule has 262 valence electrons. The maximum atomic E-state index is 6.59. The Bertz CT molecular complexity index is 3230. The van der Waals surface area contributed by atoms with Crippen LogP contribution in [0, 0.1) is 0 Å². The zero-order valence-corrected chi connectivity index (χ0v) is 30.9. The molecule has 0 unspecified atom stereocenters. The zero-order chi connectivity index (χ0) is 37.0. The van der Waals surface area contributed by atoms with Gasteiger partial charge in [0.15, 0.2) is 17.5 Å². The summed E-state index contributed by atoms with van der Waals surface area (Å²) >= 11 is 1.84. The van der Waals surface area contributed by atoms with Gasteiger partial charge in [-0.15, -0.1) is 11.3 Å². The number of rotatable bonds is 6. The molecule has 0 saturated heterocycles. The molecule has 0 saturated carbocycles. The number of thiophene rings is 1. The molecule has 3 aromatic heterocycles. The molecule has 11 aromatic rings.